The summed E-state index contributed by atoms with van der Waals surface area (Å²) in [5, 5.41) is 8.84. The molecule has 2 aromatic carbocycles. The van der Waals surface area contributed by atoms with Gasteiger partial charge in [0.2, 0.25) is 0 Å². The van der Waals surface area contributed by atoms with Gasteiger partial charge in [-0.05, 0) is 0 Å². The Bertz CT molecular complexity index is 722. The second kappa shape index (κ2) is 8.15. The number of carbonyl (C=O) groups is 1. The van der Waals surface area contributed by atoms with E-state index in [1.165, 1.54) is 10.9 Å². The van der Waals surface area contributed by atoms with E-state index >= 15 is 0 Å². The van der Waals surface area contributed by atoms with Gasteiger partial charge in [0.25, 0.3) is 0 Å². The minimum absolute atomic E-state index is 0.00194. The quantitative estimate of drug-likeness (QED) is 0.599. The Morgan fingerprint density at radius 1 is 1.04 bits per heavy atom. The summed E-state index contributed by atoms with van der Waals surface area (Å²) in [6.45, 7) is 0. The van der Waals surface area contributed by atoms with Crippen LogP contribution in [0, 0.1) is 11.3 Å². The van der Waals surface area contributed by atoms with Crippen molar-refractivity contribution in [3.05, 3.63) is 65.7 Å². The van der Waals surface area contributed by atoms with Crippen LogP contribution in [0.25, 0.3) is 0 Å². The molecule has 3 nitrogen and oxygen atoms in total. The first kappa shape index (κ1) is 16.8. The third kappa shape index (κ3) is 4.26. The average Bonchev–Trinajstić information content (AvgIpc) is 2.64. The first-order valence-electron chi connectivity index (χ1n) is 8.19. The molecule has 1 fully saturated rings. The summed E-state index contributed by atoms with van der Waals surface area (Å²) >= 11 is 0.317. The summed E-state index contributed by atoms with van der Waals surface area (Å²) in [6.07, 6.45) is 4.40. The van der Waals surface area contributed by atoms with Crippen LogP contribution in [0.5, 0.6) is 0 Å². The predicted octanol–water partition coefficient (Wildman–Crippen LogP) is 3.48. The van der Waals surface area contributed by atoms with Crippen molar-refractivity contribution in [3.8, 4) is 6.07 Å². The fraction of sp³-hybridized carbons (Fsp3) is 0.300. The number of ether oxygens (including phenoxy) is 1. The van der Waals surface area contributed by atoms with Crippen molar-refractivity contribution in [3.63, 3.8) is 0 Å². The van der Waals surface area contributed by atoms with Crippen LogP contribution in [0.2, 0.25) is 4.82 Å². The maximum absolute atomic E-state index is 12.4. The number of esters is 1. The molecule has 0 radical (unpaired) electrons. The zero-order valence-electron chi connectivity index (χ0n) is 13.4. The van der Waals surface area contributed by atoms with Crippen LogP contribution in [0.1, 0.15) is 41.6 Å². The zero-order chi connectivity index (χ0) is 16.8. The maximum atomic E-state index is 12.4. The van der Waals surface area contributed by atoms with Crippen LogP contribution in [0.4, 0.5) is 0 Å². The van der Waals surface area contributed by atoms with Crippen LogP contribution < -0.4 is 4.46 Å². The molecule has 2 aromatic rings. The molecule has 2 atom stereocenters. The SMILES string of the molecule is N#Cc1ccc(C(=O)OC2CCCCC2[Se]c2ccccc2)cc1. The number of hydrogen-bond donors (Lipinski definition) is 0. The molecule has 2 unspecified atom stereocenters. The van der Waals surface area contributed by atoms with Gasteiger partial charge < -0.3 is 0 Å². The Labute approximate surface area is 148 Å². The Morgan fingerprint density at radius 3 is 2.46 bits per heavy atom. The second-order valence-electron chi connectivity index (χ2n) is 5.89. The molecule has 0 heterocycles. The van der Waals surface area contributed by atoms with Gasteiger partial charge in [-0.15, -0.1) is 0 Å². The van der Waals surface area contributed by atoms with Gasteiger partial charge in [0.05, 0.1) is 0 Å². The molecule has 1 aliphatic carbocycles. The van der Waals surface area contributed by atoms with Gasteiger partial charge in [-0.1, -0.05) is 0 Å². The topological polar surface area (TPSA) is 50.1 Å². The van der Waals surface area contributed by atoms with E-state index in [4.69, 9.17) is 10.00 Å². The molecule has 0 spiro atoms. The number of hydrogen-bond acceptors (Lipinski definition) is 3. The van der Waals surface area contributed by atoms with Gasteiger partial charge >= 0.3 is 149 Å². The number of rotatable bonds is 4. The monoisotopic (exact) mass is 385 g/mol. The molecule has 0 saturated heterocycles. The first-order chi connectivity index (χ1) is 11.8. The summed E-state index contributed by atoms with van der Waals surface area (Å²) in [5.41, 5.74) is 1.07. The molecule has 3 rings (SSSR count). The van der Waals surface area contributed by atoms with Gasteiger partial charge in [0.15, 0.2) is 0 Å². The second-order valence-corrected chi connectivity index (χ2v) is 8.64. The van der Waals surface area contributed by atoms with E-state index in [-0.39, 0.29) is 12.1 Å². The molecular weight excluding hydrogens is 365 g/mol. The van der Waals surface area contributed by atoms with Crippen LogP contribution >= 0.6 is 0 Å². The summed E-state index contributed by atoms with van der Waals surface area (Å²) in [4.78, 5) is 12.9. The fourth-order valence-electron chi connectivity index (χ4n) is 2.89. The van der Waals surface area contributed by atoms with Crippen molar-refractivity contribution in [2.45, 2.75) is 36.6 Å². The van der Waals surface area contributed by atoms with E-state index in [1.54, 1.807) is 24.3 Å². The van der Waals surface area contributed by atoms with Crippen LogP contribution in [-0.4, -0.2) is 27.0 Å². The third-order valence-electron chi connectivity index (χ3n) is 4.18. The standard InChI is InChI=1S/C20H19NO2Se/c21-14-15-10-12-16(13-11-15)20(22)23-18-8-4-5-9-19(18)24-17-6-2-1-3-7-17/h1-3,6-7,10-13,18-19H,4-5,8-9H2. The molecule has 24 heavy (non-hydrogen) atoms. The Hall–Kier alpha value is -2.08. The number of nitrogens with zero attached hydrogens (tertiary/aromatic N) is 1. The Kier molecular flexibility index (Phi) is 5.69. The van der Waals surface area contributed by atoms with Crippen molar-refractivity contribution in [2.75, 3.05) is 0 Å². The van der Waals surface area contributed by atoms with Crippen LogP contribution in [-0.2, 0) is 4.74 Å². The molecule has 0 aromatic heterocycles. The summed E-state index contributed by atoms with van der Waals surface area (Å²) in [7, 11) is 0. The van der Waals surface area contributed by atoms with Crippen molar-refractivity contribution in [1.82, 2.24) is 0 Å². The molecule has 4 heteroatoms. The summed E-state index contributed by atoms with van der Waals surface area (Å²) in [6, 6.07) is 19.2. The van der Waals surface area contributed by atoms with Crippen LogP contribution in [0.15, 0.2) is 54.6 Å². The van der Waals surface area contributed by atoms with E-state index < -0.39 is 0 Å². The normalized spacial score (nSPS) is 20.1. The van der Waals surface area contributed by atoms with Crippen molar-refractivity contribution in [2.24, 2.45) is 0 Å². The van der Waals surface area contributed by atoms with Crippen LogP contribution in [0.3, 0.4) is 0 Å². The van der Waals surface area contributed by atoms with Gasteiger partial charge in [0, 0.05) is 0 Å². The van der Waals surface area contributed by atoms with Gasteiger partial charge in [-0.3, -0.25) is 0 Å². The van der Waals surface area contributed by atoms with E-state index in [1.807, 2.05) is 6.07 Å². The van der Waals surface area contributed by atoms with E-state index in [9.17, 15) is 4.79 Å². The van der Waals surface area contributed by atoms with Gasteiger partial charge in [0.1, 0.15) is 0 Å². The minimum atomic E-state index is -0.278. The number of benzene rings is 2. The molecule has 0 amide bonds. The van der Waals surface area contributed by atoms with Crippen molar-refractivity contribution >= 4 is 25.4 Å². The summed E-state index contributed by atoms with van der Waals surface area (Å²) < 4.78 is 7.19. The van der Waals surface area contributed by atoms with E-state index in [0.717, 1.165) is 19.3 Å². The molecule has 0 aliphatic heterocycles. The Balaban J connectivity index is 1.66. The molecule has 0 bridgehead atoms. The zero-order valence-corrected chi connectivity index (χ0v) is 15.1. The number of nitriles is 1. The van der Waals surface area contributed by atoms with Crippen molar-refractivity contribution in [1.29, 1.82) is 5.26 Å². The van der Waals surface area contributed by atoms with E-state index in [0.29, 0.717) is 30.9 Å². The first-order valence-corrected chi connectivity index (χ1v) is 10.0. The third-order valence-corrected chi connectivity index (χ3v) is 7.09. The number of carbonyl (C=O) groups excluding carboxylic acids is 1. The van der Waals surface area contributed by atoms with Gasteiger partial charge in [-0.25, -0.2) is 0 Å². The molecule has 0 N–H and O–H groups in total. The fourth-order valence-corrected chi connectivity index (χ4v) is 5.60. The molecule has 1 aliphatic rings. The van der Waals surface area contributed by atoms with E-state index in [2.05, 4.69) is 30.3 Å². The van der Waals surface area contributed by atoms with Gasteiger partial charge in [-0.2, -0.15) is 0 Å². The summed E-state index contributed by atoms with van der Waals surface area (Å²) in [5.74, 6) is -0.278. The Morgan fingerprint density at radius 2 is 1.75 bits per heavy atom. The molecule has 122 valence electrons. The van der Waals surface area contributed by atoms with Crippen molar-refractivity contribution < 1.29 is 9.53 Å². The average molecular weight is 384 g/mol. The molecule has 1 saturated carbocycles. The molecular formula is C20H19NO2Se. The predicted molar refractivity (Wildman–Crippen MR) is 94.4 cm³/mol.